The summed E-state index contributed by atoms with van der Waals surface area (Å²) in [4.78, 5) is 15.2. The third-order valence-electron chi connectivity index (χ3n) is 7.66. The van der Waals surface area contributed by atoms with Gasteiger partial charge < -0.3 is 20.1 Å². The van der Waals surface area contributed by atoms with Crippen LogP contribution in [0.3, 0.4) is 0 Å². The first kappa shape index (κ1) is 26.1. The van der Waals surface area contributed by atoms with E-state index < -0.39 is 23.5 Å². The summed E-state index contributed by atoms with van der Waals surface area (Å²) in [5.74, 6) is -2.90. The van der Waals surface area contributed by atoms with Crippen LogP contribution in [0.4, 0.5) is 23.7 Å². The van der Waals surface area contributed by atoms with Gasteiger partial charge in [-0.05, 0) is 70.7 Å². The van der Waals surface area contributed by atoms with Gasteiger partial charge in [-0.15, -0.1) is 0 Å². The van der Waals surface area contributed by atoms with Crippen molar-refractivity contribution in [2.45, 2.75) is 69.5 Å². The quantitative estimate of drug-likeness (QED) is 0.519. The molecule has 6 nitrogen and oxygen atoms in total. The van der Waals surface area contributed by atoms with Crippen LogP contribution >= 0.6 is 0 Å². The molecule has 9 heteroatoms. The summed E-state index contributed by atoms with van der Waals surface area (Å²) in [6.07, 6.45) is 3.29. The molecule has 2 amide bonds. The number of urea groups is 1. The molecule has 3 atom stereocenters. The third-order valence-corrected chi connectivity index (χ3v) is 7.66. The number of carbonyl (C=O) groups excluding carboxylic acids is 1. The summed E-state index contributed by atoms with van der Waals surface area (Å²) in [5, 5.41) is 5.38. The van der Waals surface area contributed by atoms with Gasteiger partial charge in [-0.1, -0.05) is 6.07 Å². The molecule has 36 heavy (non-hydrogen) atoms. The van der Waals surface area contributed by atoms with E-state index in [-0.39, 0.29) is 28.7 Å². The molecule has 1 heterocycles. The van der Waals surface area contributed by atoms with Gasteiger partial charge in [0.2, 0.25) is 0 Å². The van der Waals surface area contributed by atoms with E-state index in [1.54, 1.807) is 14.2 Å². The Morgan fingerprint density at radius 1 is 1.03 bits per heavy atom. The average Bonchev–Trinajstić information content (AvgIpc) is 3.22. The van der Waals surface area contributed by atoms with E-state index in [4.69, 9.17) is 9.47 Å². The summed E-state index contributed by atoms with van der Waals surface area (Å²) in [6.45, 7) is 7.51. The Morgan fingerprint density at radius 3 is 2.31 bits per heavy atom. The minimum Gasteiger partial charge on any atom is -0.493 e. The summed E-state index contributed by atoms with van der Waals surface area (Å²) in [5.41, 5.74) is 0.870. The number of hydrogen-bond donors (Lipinski definition) is 2. The molecule has 0 radical (unpaired) electrons. The number of nitrogens with zero attached hydrogens (tertiary/aromatic N) is 1. The molecule has 1 aliphatic carbocycles. The molecule has 196 valence electrons. The molecule has 1 saturated heterocycles. The summed E-state index contributed by atoms with van der Waals surface area (Å²) in [6, 6.07) is 7.09. The van der Waals surface area contributed by atoms with Crippen LogP contribution in [0.2, 0.25) is 0 Å². The second kappa shape index (κ2) is 9.84. The molecule has 0 bridgehead atoms. The topological polar surface area (TPSA) is 62.8 Å². The molecule has 2 aromatic carbocycles. The normalized spacial score (nSPS) is 24.2. The van der Waals surface area contributed by atoms with Gasteiger partial charge >= 0.3 is 6.03 Å². The monoisotopic (exact) mass is 505 g/mol. The first-order valence-electron chi connectivity index (χ1n) is 12.2. The fourth-order valence-corrected chi connectivity index (χ4v) is 5.95. The number of hydrogen-bond acceptors (Lipinski definition) is 4. The van der Waals surface area contributed by atoms with Gasteiger partial charge in [0.05, 0.1) is 14.2 Å². The molecule has 4 rings (SSSR count). The van der Waals surface area contributed by atoms with E-state index in [0.717, 1.165) is 37.9 Å². The highest BCUT2D eigenvalue weighted by Crippen LogP contribution is 2.52. The number of amides is 2. The number of rotatable bonds is 5. The molecular formula is C27H34F3N3O3. The van der Waals surface area contributed by atoms with E-state index in [9.17, 15) is 18.0 Å². The van der Waals surface area contributed by atoms with E-state index >= 15 is 0 Å². The second-order valence-corrected chi connectivity index (χ2v) is 10.7. The first-order chi connectivity index (χ1) is 17.0. The predicted molar refractivity (Wildman–Crippen MR) is 132 cm³/mol. The van der Waals surface area contributed by atoms with Crippen molar-refractivity contribution in [1.29, 1.82) is 0 Å². The number of anilines is 1. The number of ether oxygens (including phenoxy) is 2. The van der Waals surface area contributed by atoms with Crippen LogP contribution in [-0.4, -0.2) is 49.3 Å². The molecule has 2 fully saturated rings. The highest BCUT2D eigenvalue weighted by molar-refractivity contribution is 5.89. The Labute approximate surface area is 210 Å². The Bertz CT molecular complexity index is 1110. The minimum absolute atomic E-state index is 0.0731. The van der Waals surface area contributed by atoms with Crippen molar-refractivity contribution in [2.24, 2.45) is 0 Å². The van der Waals surface area contributed by atoms with Crippen molar-refractivity contribution < 1.29 is 27.4 Å². The number of benzene rings is 2. The lowest BCUT2D eigenvalue weighted by Crippen LogP contribution is -2.56. The van der Waals surface area contributed by atoms with Gasteiger partial charge in [-0.3, -0.25) is 4.90 Å². The highest BCUT2D eigenvalue weighted by Gasteiger charge is 2.54. The standard InChI is InChI=1S/C27H34F3N3O3/c1-26(2,3)33-11-10-27(16-6-7-21(35-4)22(12-16)36-5)9-8-17(15-23(27)33)31-25(34)32-18-13-19(28)24(30)20(29)14-18/h6-7,12-14,17,23H,8-11,15H2,1-5H3,(H2,31,32,34)/t17-,23+,27+/m1/s1. The van der Waals surface area contributed by atoms with E-state index in [2.05, 4.69) is 48.4 Å². The van der Waals surface area contributed by atoms with Crippen molar-refractivity contribution in [3.05, 3.63) is 53.3 Å². The molecule has 0 unspecified atom stereocenters. The van der Waals surface area contributed by atoms with Gasteiger partial charge in [0.1, 0.15) is 0 Å². The van der Waals surface area contributed by atoms with Crippen LogP contribution < -0.4 is 20.1 Å². The van der Waals surface area contributed by atoms with E-state index in [1.807, 2.05) is 6.07 Å². The lowest BCUT2D eigenvalue weighted by atomic mass is 9.64. The van der Waals surface area contributed by atoms with E-state index in [1.165, 1.54) is 5.56 Å². The number of fused-ring (bicyclic) bond motifs is 1. The van der Waals surface area contributed by atoms with Crippen molar-refractivity contribution in [2.75, 3.05) is 26.1 Å². The number of halogens is 3. The largest absolute Gasteiger partial charge is 0.493 e. The van der Waals surface area contributed by atoms with Crippen LogP contribution in [0.1, 0.15) is 52.0 Å². The number of carbonyl (C=O) groups is 1. The van der Waals surface area contributed by atoms with Gasteiger partial charge in [0.25, 0.3) is 0 Å². The maximum atomic E-state index is 13.5. The summed E-state index contributed by atoms with van der Waals surface area (Å²) in [7, 11) is 3.25. The fourth-order valence-electron chi connectivity index (χ4n) is 5.95. The number of nitrogens with one attached hydrogen (secondary N) is 2. The first-order valence-corrected chi connectivity index (χ1v) is 12.2. The lowest BCUT2D eigenvalue weighted by Gasteiger charge is -2.48. The lowest BCUT2D eigenvalue weighted by molar-refractivity contribution is 0.0655. The Balaban J connectivity index is 1.56. The SMILES string of the molecule is COc1ccc([C@@]23CC[C@@H](NC(=O)Nc4cc(F)c(F)c(F)c4)C[C@@H]2N(C(C)(C)C)CC3)cc1OC. The number of methoxy groups -OCH3 is 2. The van der Waals surface area contributed by atoms with Crippen molar-refractivity contribution in [3.63, 3.8) is 0 Å². The smallest absolute Gasteiger partial charge is 0.319 e. The van der Waals surface area contributed by atoms with Crippen molar-refractivity contribution in [3.8, 4) is 11.5 Å². The van der Waals surface area contributed by atoms with Crippen LogP contribution in [0.25, 0.3) is 0 Å². The van der Waals surface area contributed by atoms with Gasteiger partial charge in [0.15, 0.2) is 29.0 Å². The third kappa shape index (κ3) is 4.85. The number of likely N-dealkylation sites (tertiary alicyclic amines) is 1. The Morgan fingerprint density at radius 2 is 1.69 bits per heavy atom. The van der Waals surface area contributed by atoms with Gasteiger partial charge in [-0.25, -0.2) is 18.0 Å². The molecular weight excluding hydrogens is 471 g/mol. The molecule has 0 spiro atoms. The van der Waals surface area contributed by atoms with E-state index in [0.29, 0.717) is 17.9 Å². The van der Waals surface area contributed by atoms with Gasteiger partial charge in [-0.2, -0.15) is 0 Å². The van der Waals surface area contributed by atoms with Crippen LogP contribution in [0, 0.1) is 17.5 Å². The van der Waals surface area contributed by atoms with Crippen molar-refractivity contribution >= 4 is 11.7 Å². The average molecular weight is 506 g/mol. The predicted octanol–water partition coefficient (Wildman–Crippen LogP) is 5.61. The second-order valence-electron chi connectivity index (χ2n) is 10.7. The maximum Gasteiger partial charge on any atom is 0.319 e. The summed E-state index contributed by atoms with van der Waals surface area (Å²) >= 11 is 0. The highest BCUT2D eigenvalue weighted by atomic mass is 19.2. The molecule has 1 saturated carbocycles. The fraction of sp³-hybridized carbons (Fsp3) is 0.519. The zero-order valence-electron chi connectivity index (χ0n) is 21.4. The molecule has 2 aromatic rings. The zero-order chi connectivity index (χ0) is 26.3. The maximum absolute atomic E-state index is 13.5. The van der Waals surface area contributed by atoms with Gasteiger partial charge in [0, 0.05) is 40.9 Å². The zero-order valence-corrected chi connectivity index (χ0v) is 21.4. The summed E-state index contributed by atoms with van der Waals surface area (Å²) < 4.78 is 51.4. The molecule has 0 aromatic heterocycles. The Hall–Kier alpha value is -2.94. The minimum atomic E-state index is -1.57. The van der Waals surface area contributed by atoms with Crippen molar-refractivity contribution in [1.82, 2.24) is 10.2 Å². The molecule has 1 aliphatic heterocycles. The Kier molecular flexibility index (Phi) is 7.14. The molecule has 2 N–H and O–H groups in total. The van der Waals surface area contributed by atoms with Crippen LogP contribution in [0.15, 0.2) is 30.3 Å². The van der Waals surface area contributed by atoms with Crippen LogP contribution in [0.5, 0.6) is 11.5 Å². The molecule has 2 aliphatic rings. The van der Waals surface area contributed by atoms with Crippen LogP contribution in [-0.2, 0) is 5.41 Å².